The molecular weight excluding hydrogens is 469 g/mol. The summed E-state index contributed by atoms with van der Waals surface area (Å²) in [6.45, 7) is 11.2. The van der Waals surface area contributed by atoms with Crippen LogP contribution < -0.4 is 0 Å². The lowest BCUT2D eigenvalue weighted by Crippen LogP contribution is -2.33. The van der Waals surface area contributed by atoms with Gasteiger partial charge in [0, 0.05) is 13.0 Å². The average molecular weight is 508 g/mol. The van der Waals surface area contributed by atoms with Gasteiger partial charge < -0.3 is 19.5 Å². The summed E-state index contributed by atoms with van der Waals surface area (Å²) in [6, 6.07) is 11.0. The Kier molecular flexibility index (Phi) is 12.7. The predicted molar refractivity (Wildman–Crippen MR) is 138 cm³/mol. The van der Waals surface area contributed by atoms with Crippen molar-refractivity contribution in [3.63, 3.8) is 0 Å². The Bertz CT molecular complexity index is 933. The van der Waals surface area contributed by atoms with Crippen molar-refractivity contribution >= 4 is 17.6 Å². The number of halogens is 2. The molecular formula is C28H39ClFNO4. The molecule has 1 aliphatic heterocycles. The van der Waals surface area contributed by atoms with Gasteiger partial charge in [-0.3, -0.25) is 4.79 Å². The fraction of sp³-hybridized carbons (Fsp3) is 0.536. The number of benzene rings is 2. The molecule has 2 aromatic carbocycles. The molecule has 1 fully saturated rings. The van der Waals surface area contributed by atoms with Crippen molar-refractivity contribution in [3.05, 3.63) is 69.5 Å². The highest BCUT2D eigenvalue weighted by atomic mass is 35.5. The Hall–Kier alpha value is -1.99. The molecule has 2 unspecified atom stereocenters. The van der Waals surface area contributed by atoms with Crippen LogP contribution in [0.5, 0.6) is 0 Å². The van der Waals surface area contributed by atoms with Crippen LogP contribution in [0, 0.1) is 19.7 Å². The maximum atomic E-state index is 12.4. The summed E-state index contributed by atoms with van der Waals surface area (Å²) < 4.78 is 23.4. The zero-order valence-electron chi connectivity index (χ0n) is 21.4. The van der Waals surface area contributed by atoms with Crippen LogP contribution in [-0.4, -0.2) is 54.9 Å². The molecule has 5 nitrogen and oxygen atoms in total. The molecule has 1 N–H and O–H groups in total. The van der Waals surface area contributed by atoms with Crippen LogP contribution in [0.25, 0.3) is 0 Å². The number of aliphatic hydroxyl groups excluding tert-OH is 1. The zero-order chi connectivity index (χ0) is 25.8. The summed E-state index contributed by atoms with van der Waals surface area (Å²) in [5, 5.41) is 10.4. The van der Waals surface area contributed by atoms with E-state index in [-0.39, 0.29) is 22.9 Å². The summed E-state index contributed by atoms with van der Waals surface area (Å²) in [6.07, 6.45) is 2.85. The van der Waals surface area contributed by atoms with E-state index in [0.29, 0.717) is 32.6 Å². The van der Waals surface area contributed by atoms with Gasteiger partial charge in [-0.2, -0.15) is 0 Å². The standard InChI is InChI=1S/C21H33NO4.C7H6ClF/c1-4-25-21(24)10-8-18-13-16(2)7-9-20(18)17(3)26-15-19(23)14-22-11-5-6-12-22;1-5-2-3-6(8)7(9)4-5/h7,9,13,17,19,23H,4-6,8,10-12,14-15H2,1-3H3;2-4H,1H3. The second-order valence-electron chi connectivity index (χ2n) is 9.06. The molecule has 0 amide bonds. The molecule has 1 saturated heterocycles. The van der Waals surface area contributed by atoms with E-state index in [1.807, 2.05) is 27.7 Å². The molecule has 2 aromatic rings. The molecule has 0 aliphatic carbocycles. The number of hydrogen-bond acceptors (Lipinski definition) is 5. The van der Waals surface area contributed by atoms with Gasteiger partial charge in [0.25, 0.3) is 0 Å². The second-order valence-corrected chi connectivity index (χ2v) is 9.47. The first kappa shape index (κ1) is 29.2. The molecule has 1 aliphatic rings. The smallest absolute Gasteiger partial charge is 0.306 e. The van der Waals surface area contributed by atoms with Crippen molar-refractivity contribution in [3.8, 4) is 0 Å². The van der Waals surface area contributed by atoms with E-state index in [1.165, 1.54) is 18.9 Å². The van der Waals surface area contributed by atoms with Crippen LogP contribution in [0.2, 0.25) is 5.02 Å². The molecule has 2 atom stereocenters. The Morgan fingerprint density at radius 1 is 1.14 bits per heavy atom. The number of rotatable bonds is 10. The van der Waals surface area contributed by atoms with Crippen molar-refractivity contribution in [1.29, 1.82) is 0 Å². The number of aryl methyl sites for hydroxylation is 3. The van der Waals surface area contributed by atoms with Gasteiger partial charge in [-0.1, -0.05) is 41.4 Å². The molecule has 7 heteroatoms. The van der Waals surface area contributed by atoms with Gasteiger partial charge in [-0.25, -0.2) is 4.39 Å². The SMILES string of the molecule is CCOC(=O)CCc1cc(C)ccc1C(C)OCC(O)CN1CCCC1.Cc1ccc(Cl)c(F)c1. The first-order chi connectivity index (χ1) is 16.7. The van der Waals surface area contributed by atoms with E-state index in [4.69, 9.17) is 21.1 Å². The van der Waals surface area contributed by atoms with Crippen LogP contribution in [0.3, 0.4) is 0 Å². The number of carbonyl (C=O) groups excluding carboxylic acids is 1. The van der Waals surface area contributed by atoms with Gasteiger partial charge in [-0.15, -0.1) is 0 Å². The Morgan fingerprint density at radius 2 is 1.80 bits per heavy atom. The van der Waals surface area contributed by atoms with E-state index >= 15 is 0 Å². The summed E-state index contributed by atoms with van der Waals surface area (Å²) in [4.78, 5) is 14.0. The number of nitrogens with zero attached hydrogens (tertiary/aromatic N) is 1. The fourth-order valence-corrected chi connectivity index (χ4v) is 4.20. The van der Waals surface area contributed by atoms with Gasteiger partial charge in [0.15, 0.2) is 0 Å². The number of esters is 1. The molecule has 194 valence electrons. The molecule has 0 saturated carbocycles. The molecule has 0 radical (unpaired) electrons. The Labute approximate surface area is 214 Å². The quantitative estimate of drug-likeness (QED) is 0.411. The number of ether oxygens (including phenoxy) is 2. The summed E-state index contributed by atoms with van der Waals surface area (Å²) in [5.41, 5.74) is 4.23. The van der Waals surface area contributed by atoms with E-state index in [2.05, 4.69) is 23.1 Å². The van der Waals surface area contributed by atoms with Crippen LogP contribution in [0.1, 0.15) is 61.5 Å². The van der Waals surface area contributed by atoms with Gasteiger partial charge in [-0.05, 0) is 88.9 Å². The second kappa shape index (κ2) is 15.2. The fourth-order valence-electron chi connectivity index (χ4n) is 4.08. The van der Waals surface area contributed by atoms with Crippen molar-refractivity contribution in [2.75, 3.05) is 32.8 Å². The third-order valence-electron chi connectivity index (χ3n) is 5.92. The lowest BCUT2D eigenvalue weighted by Gasteiger charge is -2.22. The van der Waals surface area contributed by atoms with Crippen LogP contribution in [0.15, 0.2) is 36.4 Å². The van der Waals surface area contributed by atoms with Crippen LogP contribution in [-0.2, 0) is 20.7 Å². The van der Waals surface area contributed by atoms with Crippen LogP contribution >= 0.6 is 11.6 Å². The monoisotopic (exact) mass is 507 g/mol. The normalized spacial score (nSPS) is 15.3. The number of carbonyl (C=O) groups is 1. The summed E-state index contributed by atoms with van der Waals surface area (Å²) in [7, 11) is 0. The van der Waals surface area contributed by atoms with Gasteiger partial charge in [0.05, 0.1) is 30.4 Å². The van der Waals surface area contributed by atoms with E-state index in [9.17, 15) is 14.3 Å². The van der Waals surface area contributed by atoms with Crippen molar-refractivity contribution in [1.82, 2.24) is 4.90 Å². The zero-order valence-corrected chi connectivity index (χ0v) is 22.1. The Morgan fingerprint density at radius 3 is 2.43 bits per heavy atom. The Balaban J connectivity index is 0.000000402. The van der Waals surface area contributed by atoms with E-state index in [1.54, 1.807) is 12.1 Å². The highest BCUT2D eigenvalue weighted by Gasteiger charge is 2.18. The minimum Gasteiger partial charge on any atom is -0.466 e. The van der Waals surface area contributed by atoms with E-state index in [0.717, 1.165) is 35.3 Å². The third-order valence-corrected chi connectivity index (χ3v) is 6.23. The van der Waals surface area contributed by atoms with Crippen molar-refractivity contribution in [2.45, 2.75) is 65.6 Å². The maximum Gasteiger partial charge on any atom is 0.306 e. The first-order valence-electron chi connectivity index (χ1n) is 12.4. The summed E-state index contributed by atoms with van der Waals surface area (Å²) >= 11 is 5.41. The largest absolute Gasteiger partial charge is 0.466 e. The number of likely N-dealkylation sites (tertiary alicyclic amines) is 1. The highest BCUT2D eigenvalue weighted by Crippen LogP contribution is 2.24. The predicted octanol–water partition coefficient (Wildman–Crippen LogP) is 5.81. The van der Waals surface area contributed by atoms with Crippen molar-refractivity contribution < 1.29 is 23.8 Å². The van der Waals surface area contributed by atoms with Gasteiger partial charge in [0.2, 0.25) is 0 Å². The highest BCUT2D eigenvalue weighted by molar-refractivity contribution is 6.30. The van der Waals surface area contributed by atoms with Gasteiger partial charge >= 0.3 is 5.97 Å². The van der Waals surface area contributed by atoms with E-state index < -0.39 is 6.10 Å². The third kappa shape index (κ3) is 10.7. The lowest BCUT2D eigenvalue weighted by atomic mass is 9.97. The number of β-amino-alcohol motifs (C(OH)–C–C–N with tert-alkyl or cyclic N) is 1. The summed E-state index contributed by atoms with van der Waals surface area (Å²) in [5.74, 6) is -0.522. The molecule has 3 rings (SSSR count). The lowest BCUT2D eigenvalue weighted by molar-refractivity contribution is -0.143. The number of aliphatic hydroxyl groups is 1. The van der Waals surface area contributed by atoms with Crippen LogP contribution in [0.4, 0.5) is 4.39 Å². The molecule has 0 aromatic heterocycles. The topological polar surface area (TPSA) is 59.0 Å². The average Bonchev–Trinajstić information content (AvgIpc) is 3.32. The van der Waals surface area contributed by atoms with Gasteiger partial charge in [0.1, 0.15) is 5.82 Å². The molecule has 35 heavy (non-hydrogen) atoms. The number of hydrogen-bond donors (Lipinski definition) is 1. The first-order valence-corrected chi connectivity index (χ1v) is 12.8. The molecule has 0 bridgehead atoms. The molecule has 0 spiro atoms. The minimum atomic E-state index is -0.469. The minimum absolute atomic E-state index is 0.124. The molecule has 1 heterocycles. The maximum absolute atomic E-state index is 12.4. The van der Waals surface area contributed by atoms with Crippen molar-refractivity contribution in [2.24, 2.45) is 0 Å².